The van der Waals surface area contributed by atoms with Crippen LogP contribution in [0, 0.1) is 38.5 Å². The molecule has 0 saturated carbocycles. The van der Waals surface area contributed by atoms with Gasteiger partial charge in [-0.3, -0.25) is 0 Å². The molecule has 2 rings (SSSR count). The minimum Gasteiger partial charge on any atom is -0.496 e. The molecule has 198 valence electrons. The van der Waals surface area contributed by atoms with Crippen LogP contribution in [0.25, 0.3) is 0 Å². The number of hydrogen-bond donors (Lipinski definition) is 0. The zero-order chi connectivity index (χ0) is 25.9. The molecule has 34 heavy (non-hydrogen) atoms. The first-order chi connectivity index (χ1) is 16.1. The lowest BCUT2D eigenvalue weighted by Crippen LogP contribution is -2.37. The van der Waals surface area contributed by atoms with Gasteiger partial charge >= 0.3 is 0 Å². The van der Waals surface area contributed by atoms with Crippen molar-refractivity contribution in [2.45, 2.75) is 145 Å². The van der Waals surface area contributed by atoms with Crippen LogP contribution in [0.2, 0.25) is 0 Å². The minimum absolute atomic E-state index is 0.0319. The molecule has 0 saturated heterocycles. The van der Waals surface area contributed by atoms with E-state index in [0.29, 0.717) is 0 Å². The zero-order valence-corrected chi connectivity index (χ0v) is 24.8. The molecule has 1 heterocycles. The highest BCUT2D eigenvalue weighted by atomic mass is 16.5. The molecule has 0 spiro atoms. The Balaban J connectivity index is 0.00000281. The van der Waals surface area contributed by atoms with E-state index in [2.05, 4.69) is 55.4 Å². The average Bonchev–Trinajstić information content (AvgIpc) is 2.79. The maximum absolute atomic E-state index is 6.70. The number of hydrogen-bond acceptors (Lipinski definition) is 2. The number of benzene rings is 1. The highest BCUT2D eigenvalue weighted by Gasteiger charge is 2.34. The van der Waals surface area contributed by atoms with Gasteiger partial charge in [0.15, 0.2) is 0 Å². The second-order valence-electron chi connectivity index (χ2n) is 11.6. The average molecular weight is 475 g/mol. The number of ether oxygens (including phenoxy) is 2. The first-order valence-electron chi connectivity index (χ1n) is 14.4. The molecule has 1 aliphatic heterocycles. The van der Waals surface area contributed by atoms with Gasteiger partial charge in [0.05, 0.1) is 7.11 Å². The van der Waals surface area contributed by atoms with Crippen molar-refractivity contribution in [1.29, 1.82) is 0 Å². The summed E-state index contributed by atoms with van der Waals surface area (Å²) < 4.78 is 12.4. The van der Waals surface area contributed by atoms with E-state index >= 15 is 0 Å². The van der Waals surface area contributed by atoms with Gasteiger partial charge in [0, 0.05) is 5.56 Å². The van der Waals surface area contributed by atoms with Gasteiger partial charge in [0.2, 0.25) is 0 Å². The van der Waals surface area contributed by atoms with Crippen LogP contribution >= 0.6 is 0 Å². The summed E-state index contributed by atoms with van der Waals surface area (Å²) >= 11 is 0. The van der Waals surface area contributed by atoms with Gasteiger partial charge in [-0.1, -0.05) is 86.5 Å². The fourth-order valence-corrected chi connectivity index (χ4v) is 5.57. The molecule has 0 aromatic heterocycles. The standard InChI is InChI=1S/C30H52O2.C2H6/c1-21(2)13-10-14-22(3)15-11-16-23(4)17-12-19-30(8)20-18-27-26(7)28(31-9)24(5)25(6)29(27)32-30;1-2/h21-23H,10-20H2,1-9H3;1-2H3/t22-,23-,30-;/m1./s1. The van der Waals surface area contributed by atoms with Crippen LogP contribution in [0.15, 0.2) is 0 Å². The molecule has 0 bridgehead atoms. The van der Waals surface area contributed by atoms with E-state index < -0.39 is 0 Å². The van der Waals surface area contributed by atoms with Crippen LogP contribution in [0.3, 0.4) is 0 Å². The molecule has 1 aromatic carbocycles. The fourth-order valence-electron chi connectivity index (χ4n) is 5.57. The number of rotatable bonds is 13. The van der Waals surface area contributed by atoms with Crippen molar-refractivity contribution in [3.8, 4) is 11.5 Å². The Morgan fingerprint density at radius 1 is 0.794 bits per heavy atom. The Labute approximate surface area is 213 Å². The van der Waals surface area contributed by atoms with E-state index in [1.807, 2.05) is 13.8 Å². The van der Waals surface area contributed by atoms with Crippen molar-refractivity contribution in [2.75, 3.05) is 7.11 Å². The van der Waals surface area contributed by atoms with Gasteiger partial charge in [-0.05, 0) is 87.8 Å². The molecule has 0 aliphatic carbocycles. The molecule has 0 radical (unpaired) electrons. The monoisotopic (exact) mass is 474 g/mol. The van der Waals surface area contributed by atoms with E-state index in [0.717, 1.165) is 48.5 Å². The van der Waals surface area contributed by atoms with Gasteiger partial charge < -0.3 is 9.47 Å². The SMILES string of the molecule is CC.COc1c(C)c(C)c2c(c1C)CC[C@@](C)(CCC[C@H](C)CCC[C@H](C)CCCC(C)C)O2. The molecule has 0 N–H and O–H groups in total. The molecule has 3 atom stereocenters. The van der Waals surface area contributed by atoms with Crippen molar-refractivity contribution in [1.82, 2.24) is 0 Å². The van der Waals surface area contributed by atoms with Crippen molar-refractivity contribution in [2.24, 2.45) is 17.8 Å². The summed E-state index contributed by atoms with van der Waals surface area (Å²) in [6.07, 6.45) is 14.3. The quantitative estimate of drug-likeness (QED) is 0.283. The third-order valence-corrected chi connectivity index (χ3v) is 8.04. The normalized spacial score (nSPS) is 19.1. The van der Waals surface area contributed by atoms with Crippen molar-refractivity contribution in [3.63, 3.8) is 0 Å². The smallest absolute Gasteiger partial charge is 0.127 e. The summed E-state index contributed by atoms with van der Waals surface area (Å²) in [5.74, 6) is 4.74. The van der Waals surface area contributed by atoms with Crippen LogP contribution in [-0.4, -0.2) is 12.7 Å². The lowest BCUT2D eigenvalue weighted by Gasteiger charge is -2.38. The Bertz CT molecular complexity index is 720. The Hall–Kier alpha value is -1.18. The zero-order valence-electron chi connectivity index (χ0n) is 24.8. The van der Waals surface area contributed by atoms with Crippen LogP contribution in [0.1, 0.15) is 135 Å². The van der Waals surface area contributed by atoms with Gasteiger partial charge in [-0.2, -0.15) is 0 Å². The lowest BCUT2D eigenvalue weighted by molar-refractivity contribution is 0.0512. The first kappa shape index (κ1) is 30.9. The number of methoxy groups -OCH3 is 1. The topological polar surface area (TPSA) is 18.5 Å². The largest absolute Gasteiger partial charge is 0.496 e. The van der Waals surface area contributed by atoms with Gasteiger partial charge in [0.1, 0.15) is 17.1 Å². The van der Waals surface area contributed by atoms with Crippen LogP contribution in [-0.2, 0) is 6.42 Å². The summed E-state index contributed by atoms with van der Waals surface area (Å²) in [5, 5.41) is 0. The summed E-state index contributed by atoms with van der Waals surface area (Å²) in [7, 11) is 1.78. The van der Waals surface area contributed by atoms with Gasteiger partial charge in [0.25, 0.3) is 0 Å². The molecule has 2 nitrogen and oxygen atoms in total. The van der Waals surface area contributed by atoms with E-state index in [9.17, 15) is 0 Å². The third kappa shape index (κ3) is 9.12. The van der Waals surface area contributed by atoms with Crippen molar-refractivity contribution in [3.05, 3.63) is 22.3 Å². The molecule has 0 amide bonds. The minimum atomic E-state index is -0.0319. The summed E-state index contributed by atoms with van der Waals surface area (Å²) in [5.41, 5.74) is 5.07. The first-order valence-corrected chi connectivity index (χ1v) is 14.4. The summed E-state index contributed by atoms with van der Waals surface area (Å²) in [6, 6.07) is 0. The lowest BCUT2D eigenvalue weighted by atomic mass is 9.83. The Morgan fingerprint density at radius 2 is 1.32 bits per heavy atom. The Kier molecular flexibility index (Phi) is 13.7. The molecule has 2 heteroatoms. The maximum atomic E-state index is 6.70. The van der Waals surface area contributed by atoms with Crippen LogP contribution in [0.4, 0.5) is 0 Å². The summed E-state index contributed by atoms with van der Waals surface area (Å²) in [4.78, 5) is 0. The van der Waals surface area contributed by atoms with E-state index in [-0.39, 0.29) is 5.60 Å². The third-order valence-electron chi connectivity index (χ3n) is 8.04. The molecule has 0 fully saturated rings. The van der Waals surface area contributed by atoms with Crippen LogP contribution < -0.4 is 9.47 Å². The van der Waals surface area contributed by atoms with Gasteiger partial charge in [-0.15, -0.1) is 0 Å². The number of fused-ring (bicyclic) bond motifs is 1. The van der Waals surface area contributed by atoms with E-state index in [1.54, 1.807) is 7.11 Å². The second kappa shape index (κ2) is 15.0. The molecular weight excluding hydrogens is 416 g/mol. The predicted octanol–water partition coefficient (Wildman–Crippen LogP) is 10.2. The highest BCUT2D eigenvalue weighted by Crippen LogP contribution is 2.44. The molecule has 0 unspecified atom stereocenters. The fraction of sp³-hybridized carbons (Fsp3) is 0.812. The van der Waals surface area contributed by atoms with E-state index in [1.165, 1.54) is 73.6 Å². The second-order valence-corrected chi connectivity index (χ2v) is 11.6. The van der Waals surface area contributed by atoms with Crippen molar-refractivity contribution < 1.29 is 9.47 Å². The highest BCUT2D eigenvalue weighted by molar-refractivity contribution is 5.58. The molecular formula is C32H58O2. The molecule has 1 aromatic rings. The summed E-state index contributed by atoms with van der Waals surface area (Å²) in [6.45, 7) is 22.4. The van der Waals surface area contributed by atoms with Crippen LogP contribution in [0.5, 0.6) is 11.5 Å². The molecule has 1 aliphatic rings. The maximum Gasteiger partial charge on any atom is 0.127 e. The Morgan fingerprint density at radius 3 is 1.85 bits per heavy atom. The van der Waals surface area contributed by atoms with Gasteiger partial charge in [-0.25, -0.2) is 0 Å². The van der Waals surface area contributed by atoms with Crippen molar-refractivity contribution >= 4 is 0 Å². The van der Waals surface area contributed by atoms with E-state index in [4.69, 9.17) is 9.47 Å². The predicted molar refractivity (Wildman–Crippen MR) is 151 cm³/mol.